The molecule has 0 spiro atoms. The normalized spacial score (nSPS) is 13.9. The van der Waals surface area contributed by atoms with Crippen molar-refractivity contribution in [3.05, 3.63) is 71.8 Å². The van der Waals surface area contributed by atoms with E-state index in [0.29, 0.717) is 0 Å². The number of nitrogens with one attached hydrogen (secondary N) is 1. The van der Waals surface area contributed by atoms with Gasteiger partial charge in [-0.05, 0) is 30.9 Å². The molecule has 0 aliphatic carbocycles. The zero-order valence-corrected chi connectivity index (χ0v) is 12.0. The molecule has 0 bridgehead atoms. The highest BCUT2D eigenvalue weighted by Gasteiger charge is 2.13. The van der Waals surface area contributed by atoms with Crippen molar-refractivity contribution in [2.75, 3.05) is 6.61 Å². The van der Waals surface area contributed by atoms with Gasteiger partial charge in [-0.1, -0.05) is 60.7 Å². The van der Waals surface area contributed by atoms with Gasteiger partial charge in [0, 0.05) is 12.1 Å². The molecule has 2 heteroatoms. The van der Waals surface area contributed by atoms with Crippen molar-refractivity contribution in [1.29, 1.82) is 0 Å². The van der Waals surface area contributed by atoms with Crippen molar-refractivity contribution in [3.8, 4) is 0 Å². The first-order valence-corrected chi connectivity index (χ1v) is 7.25. The van der Waals surface area contributed by atoms with Gasteiger partial charge in [0.05, 0.1) is 6.61 Å². The maximum absolute atomic E-state index is 9.25. The molecule has 2 N–H and O–H groups in total. The van der Waals surface area contributed by atoms with E-state index in [1.54, 1.807) is 0 Å². The van der Waals surface area contributed by atoms with E-state index in [1.807, 2.05) is 19.1 Å². The van der Waals surface area contributed by atoms with Gasteiger partial charge in [0.1, 0.15) is 0 Å². The topological polar surface area (TPSA) is 32.3 Å². The highest BCUT2D eigenvalue weighted by Crippen LogP contribution is 2.19. The Morgan fingerprint density at radius 3 is 2.15 bits per heavy atom. The Kier molecular flexibility index (Phi) is 5.78. The van der Waals surface area contributed by atoms with Gasteiger partial charge >= 0.3 is 0 Å². The molecule has 0 aliphatic heterocycles. The van der Waals surface area contributed by atoms with E-state index >= 15 is 0 Å². The summed E-state index contributed by atoms with van der Waals surface area (Å²) in [5.74, 6) is 0. The summed E-state index contributed by atoms with van der Waals surface area (Å²) in [6, 6.07) is 21.4. The molecule has 2 aromatic carbocycles. The Morgan fingerprint density at radius 1 is 0.950 bits per heavy atom. The minimum Gasteiger partial charge on any atom is -0.395 e. The summed E-state index contributed by atoms with van der Waals surface area (Å²) in [6.07, 6.45) is 2.06. The third-order valence-corrected chi connectivity index (χ3v) is 3.53. The molecule has 0 radical (unpaired) electrons. The minimum absolute atomic E-state index is 0.107. The lowest BCUT2D eigenvalue weighted by Gasteiger charge is -2.23. The van der Waals surface area contributed by atoms with Crippen molar-refractivity contribution >= 4 is 0 Å². The molecule has 0 saturated heterocycles. The first-order valence-electron chi connectivity index (χ1n) is 7.25. The number of aliphatic hydroxyl groups excluding tert-OH is 1. The molecule has 0 aliphatic rings. The number of hydrogen-bond donors (Lipinski definition) is 2. The molecular formula is C18H23NO. The molecule has 0 fully saturated rings. The Bertz CT molecular complexity index is 483. The zero-order chi connectivity index (χ0) is 14.2. The van der Waals surface area contributed by atoms with Gasteiger partial charge in [-0.15, -0.1) is 0 Å². The fraction of sp³-hybridized carbons (Fsp3) is 0.333. The standard InChI is InChI=1S/C18H23NO/c1-15(14-20)19-18(17-10-6-3-7-11-17)13-12-16-8-4-2-5-9-16/h2-11,15,18-20H,12-14H2,1H3/t15-,18?/m1/s1. The van der Waals surface area contributed by atoms with Gasteiger partial charge in [-0.2, -0.15) is 0 Å². The van der Waals surface area contributed by atoms with Crippen molar-refractivity contribution < 1.29 is 5.11 Å². The largest absolute Gasteiger partial charge is 0.395 e. The third kappa shape index (κ3) is 4.48. The molecule has 0 heterocycles. The first-order chi connectivity index (χ1) is 9.79. The van der Waals surface area contributed by atoms with Gasteiger partial charge in [0.2, 0.25) is 0 Å². The Hall–Kier alpha value is -1.64. The maximum Gasteiger partial charge on any atom is 0.0582 e. The lowest BCUT2D eigenvalue weighted by atomic mass is 9.98. The number of aryl methyl sites for hydroxylation is 1. The van der Waals surface area contributed by atoms with Crippen LogP contribution in [0.5, 0.6) is 0 Å². The summed E-state index contributed by atoms with van der Waals surface area (Å²) in [5, 5.41) is 12.8. The monoisotopic (exact) mass is 269 g/mol. The van der Waals surface area contributed by atoms with Crippen LogP contribution in [0.1, 0.15) is 30.5 Å². The summed E-state index contributed by atoms with van der Waals surface area (Å²) in [6.45, 7) is 2.17. The maximum atomic E-state index is 9.25. The van der Waals surface area contributed by atoms with Crippen LogP contribution in [0.15, 0.2) is 60.7 Å². The van der Waals surface area contributed by atoms with Crippen LogP contribution in [0.25, 0.3) is 0 Å². The Labute approximate surface area is 121 Å². The summed E-state index contributed by atoms with van der Waals surface area (Å²) in [4.78, 5) is 0. The SMILES string of the molecule is C[C@H](CO)NC(CCc1ccccc1)c1ccccc1. The highest BCUT2D eigenvalue weighted by molar-refractivity contribution is 5.20. The number of benzene rings is 2. The van der Waals surface area contributed by atoms with E-state index in [1.165, 1.54) is 11.1 Å². The van der Waals surface area contributed by atoms with Gasteiger partial charge in [0.15, 0.2) is 0 Å². The first kappa shape index (κ1) is 14.8. The van der Waals surface area contributed by atoms with Gasteiger partial charge in [-0.3, -0.25) is 0 Å². The average molecular weight is 269 g/mol. The predicted octanol–water partition coefficient (Wildman–Crippen LogP) is 3.33. The summed E-state index contributed by atoms with van der Waals surface area (Å²) in [5.41, 5.74) is 2.63. The molecule has 2 nitrogen and oxygen atoms in total. The Balaban J connectivity index is 2.03. The predicted molar refractivity (Wildman–Crippen MR) is 83.6 cm³/mol. The van der Waals surface area contributed by atoms with E-state index in [2.05, 4.69) is 53.8 Å². The lowest BCUT2D eigenvalue weighted by Crippen LogP contribution is -2.33. The summed E-state index contributed by atoms with van der Waals surface area (Å²) >= 11 is 0. The molecule has 2 rings (SSSR count). The van der Waals surface area contributed by atoms with Gasteiger partial charge < -0.3 is 10.4 Å². The van der Waals surface area contributed by atoms with E-state index in [-0.39, 0.29) is 18.7 Å². The van der Waals surface area contributed by atoms with Crippen molar-refractivity contribution in [1.82, 2.24) is 5.32 Å². The number of hydrogen-bond acceptors (Lipinski definition) is 2. The molecule has 0 amide bonds. The van der Waals surface area contributed by atoms with Gasteiger partial charge in [-0.25, -0.2) is 0 Å². The Morgan fingerprint density at radius 2 is 1.55 bits per heavy atom. The molecule has 0 saturated carbocycles. The van der Waals surface area contributed by atoms with Crippen LogP contribution in [0, 0.1) is 0 Å². The summed E-state index contributed by atoms with van der Waals surface area (Å²) in [7, 11) is 0. The van der Waals surface area contributed by atoms with E-state index < -0.39 is 0 Å². The number of rotatable bonds is 7. The second-order valence-electron chi connectivity index (χ2n) is 5.24. The molecular weight excluding hydrogens is 246 g/mol. The zero-order valence-electron chi connectivity index (χ0n) is 12.0. The van der Waals surface area contributed by atoms with E-state index in [4.69, 9.17) is 0 Å². The van der Waals surface area contributed by atoms with Crippen molar-refractivity contribution in [2.45, 2.75) is 31.8 Å². The van der Waals surface area contributed by atoms with Crippen LogP contribution in [0.4, 0.5) is 0 Å². The lowest BCUT2D eigenvalue weighted by molar-refractivity contribution is 0.238. The van der Waals surface area contributed by atoms with Crippen LogP contribution in [0.2, 0.25) is 0 Å². The summed E-state index contributed by atoms with van der Waals surface area (Å²) < 4.78 is 0. The van der Waals surface area contributed by atoms with E-state index in [9.17, 15) is 5.11 Å². The fourth-order valence-corrected chi connectivity index (χ4v) is 2.38. The molecule has 106 valence electrons. The van der Waals surface area contributed by atoms with Gasteiger partial charge in [0.25, 0.3) is 0 Å². The third-order valence-electron chi connectivity index (χ3n) is 3.53. The molecule has 0 aromatic heterocycles. The van der Waals surface area contributed by atoms with Crippen LogP contribution in [-0.2, 0) is 6.42 Å². The fourth-order valence-electron chi connectivity index (χ4n) is 2.38. The second kappa shape index (κ2) is 7.83. The van der Waals surface area contributed by atoms with Crippen LogP contribution in [-0.4, -0.2) is 17.8 Å². The van der Waals surface area contributed by atoms with Crippen molar-refractivity contribution in [3.63, 3.8) is 0 Å². The smallest absolute Gasteiger partial charge is 0.0582 e. The molecule has 2 aromatic rings. The highest BCUT2D eigenvalue weighted by atomic mass is 16.3. The molecule has 1 unspecified atom stereocenters. The average Bonchev–Trinajstić information content (AvgIpc) is 2.53. The van der Waals surface area contributed by atoms with Crippen LogP contribution in [0.3, 0.4) is 0 Å². The quantitative estimate of drug-likeness (QED) is 0.808. The minimum atomic E-state index is 0.107. The molecule has 2 atom stereocenters. The van der Waals surface area contributed by atoms with E-state index in [0.717, 1.165) is 12.8 Å². The van der Waals surface area contributed by atoms with Crippen molar-refractivity contribution in [2.24, 2.45) is 0 Å². The van der Waals surface area contributed by atoms with Crippen LogP contribution < -0.4 is 5.32 Å². The number of aliphatic hydroxyl groups is 1. The second-order valence-corrected chi connectivity index (χ2v) is 5.24. The van der Waals surface area contributed by atoms with Crippen LogP contribution >= 0.6 is 0 Å². The molecule has 20 heavy (non-hydrogen) atoms.